The Kier molecular flexibility index (Phi) is 1.75. The maximum Gasteiger partial charge on any atom is 0.0638 e. The molecule has 1 atom stereocenters. The van der Waals surface area contributed by atoms with Crippen LogP contribution in [-0.2, 0) is 6.42 Å². The van der Waals surface area contributed by atoms with Crippen LogP contribution < -0.4 is 5.32 Å². The van der Waals surface area contributed by atoms with Gasteiger partial charge in [0.25, 0.3) is 0 Å². The van der Waals surface area contributed by atoms with Crippen LogP contribution in [0.5, 0.6) is 0 Å². The molecule has 2 rings (SSSR count). The first-order valence-electron chi connectivity index (χ1n) is 4.49. The van der Waals surface area contributed by atoms with Crippen LogP contribution in [0.25, 0.3) is 0 Å². The topological polar surface area (TPSA) is 24.9 Å². The van der Waals surface area contributed by atoms with Crippen molar-refractivity contribution in [3.63, 3.8) is 0 Å². The summed E-state index contributed by atoms with van der Waals surface area (Å²) >= 11 is 0. The fourth-order valence-corrected chi connectivity index (χ4v) is 1.62. The van der Waals surface area contributed by atoms with E-state index in [0.29, 0.717) is 6.04 Å². The van der Waals surface area contributed by atoms with Gasteiger partial charge in [-0.25, -0.2) is 0 Å². The highest BCUT2D eigenvalue weighted by molar-refractivity contribution is 5.50. The molecule has 0 saturated carbocycles. The van der Waals surface area contributed by atoms with E-state index in [-0.39, 0.29) is 0 Å². The number of nitrogens with one attached hydrogen (secondary N) is 1. The van der Waals surface area contributed by atoms with Crippen molar-refractivity contribution in [1.82, 2.24) is 4.98 Å². The molecule has 0 bridgehead atoms. The second-order valence-electron chi connectivity index (χ2n) is 3.53. The highest BCUT2D eigenvalue weighted by Gasteiger charge is 2.14. The van der Waals surface area contributed by atoms with Gasteiger partial charge in [-0.05, 0) is 38.8 Å². The SMILES string of the molecule is Cc1ccc2c(n1)CC[C@@H](C)N2. The van der Waals surface area contributed by atoms with E-state index in [1.165, 1.54) is 17.8 Å². The van der Waals surface area contributed by atoms with E-state index < -0.39 is 0 Å². The van der Waals surface area contributed by atoms with Gasteiger partial charge in [0.05, 0.1) is 11.4 Å². The first-order valence-corrected chi connectivity index (χ1v) is 4.49. The third-order valence-corrected chi connectivity index (χ3v) is 2.33. The predicted molar refractivity (Wildman–Crippen MR) is 50.4 cm³/mol. The van der Waals surface area contributed by atoms with E-state index in [1.807, 2.05) is 6.92 Å². The van der Waals surface area contributed by atoms with Crippen LogP contribution in [0.1, 0.15) is 24.7 Å². The second kappa shape index (κ2) is 2.77. The minimum atomic E-state index is 0.599. The van der Waals surface area contributed by atoms with E-state index in [9.17, 15) is 0 Å². The predicted octanol–water partition coefficient (Wildman–Crippen LogP) is 2.14. The summed E-state index contributed by atoms with van der Waals surface area (Å²) in [5, 5.41) is 3.42. The quantitative estimate of drug-likeness (QED) is 0.632. The Morgan fingerprint density at radius 3 is 3.17 bits per heavy atom. The average molecular weight is 162 g/mol. The fourth-order valence-electron chi connectivity index (χ4n) is 1.62. The summed E-state index contributed by atoms with van der Waals surface area (Å²) in [5.41, 5.74) is 3.57. The van der Waals surface area contributed by atoms with Gasteiger partial charge in [-0.1, -0.05) is 0 Å². The lowest BCUT2D eigenvalue weighted by molar-refractivity contribution is 0.666. The Morgan fingerprint density at radius 1 is 1.50 bits per heavy atom. The Morgan fingerprint density at radius 2 is 2.33 bits per heavy atom. The van der Waals surface area contributed by atoms with Crippen LogP contribution in [-0.4, -0.2) is 11.0 Å². The van der Waals surface area contributed by atoms with E-state index in [0.717, 1.165) is 12.1 Å². The van der Waals surface area contributed by atoms with Gasteiger partial charge in [0.15, 0.2) is 0 Å². The summed E-state index contributed by atoms with van der Waals surface area (Å²) in [5.74, 6) is 0. The fraction of sp³-hybridized carbons (Fsp3) is 0.500. The molecule has 0 aliphatic carbocycles. The van der Waals surface area contributed by atoms with Crippen molar-refractivity contribution >= 4 is 5.69 Å². The van der Waals surface area contributed by atoms with Crippen molar-refractivity contribution in [3.05, 3.63) is 23.5 Å². The Balaban J connectivity index is 2.37. The molecule has 0 saturated heterocycles. The standard InChI is InChI=1S/C10H14N2/c1-7-3-5-10-9(11-7)6-4-8(2)12-10/h3,5,8,12H,4,6H2,1-2H3/t8-/m1/s1. The van der Waals surface area contributed by atoms with Gasteiger partial charge in [0.1, 0.15) is 0 Å². The van der Waals surface area contributed by atoms with Crippen LogP contribution in [0.15, 0.2) is 12.1 Å². The lowest BCUT2D eigenvalue weighted by Gasteiger charge is -2.23. The highest BCUT2D eigenvalue weighted by atomic mass is 14.9. The minimum absolute atomic E-state index is 0.599. The molecule has 1 aromatic heterocycles. The molecule has 2 heterocycles. The molecular formula is C10H14N2. The maximum atomic E-state index is 4.49. The number of anilines is 1. The van der Waals surface area contributed by atoms with E-state index >= 15 is 0 Å². The molecule has 0 unspecified atom stereocenters. The molecule has 1 aliphatic heterocycles. The van der Waals surface area contributed by atoms with Gasteiger partial charge in [-0.2, -0.15) is 0 Å². The summed E-state index contributed by atoms with van der Waals surface area (Å²) in [6, 6.07) is 4.79. The normalized spacial score (nSPS) is 21.3. The van der Waals surface area contributed by atoms with E-state index in [2.05, 4.69) is 29.4 Å². The lowest BCUT2D eigenvalue weighted by Crippen LogP contribution is -2.22. The minimum Gasteiger partial charge on any atom is -0.381 e. The van der Waals surface area contributed by atoms with Crippen LogP contribution in [0.2, 0.25) is 0 Å². The summed E-state index contributed by atoms with van der Waals surface area (Å²) in [6.45, 7) is 4.25. The third-order valence-electron chi connectivity index (χ3n) is 2.33. The van der Waals surface area contributed by atoms with Crippen LogP contribution >= 0.6 is 0 Å². The molecule has 2 heteroatoms. The number of aryl methyl sites for hydroxylation is 2. The zero-order chi connectivity index (χ0) is 8.55. The van der Waals surface area contributed by atoms with Gasteiger partial charge in [-0.3, -0.25) is 4.98 Å². The molecule has 1 N–H and O–H groups in total. The smallest absolute Gasteiger partial charge is 0.0638 e. The van der Waals surface area contributed by atoms with Crippen LogP contribution in [0.3, 0.4) is 0 Å². The number of rotatable bonds is 0. The van der Waals surface area contributed by atoms with Gasteiger partial charge in [-0.15, -0.1) is 0 Å². The first kappa shape index (κ1) is 7.59. The van der Waals surface area contributed by atoms with Crippen molar-refractivity contribution in [2.75, 3.05) is 5.32 Å². The monoisotopic (exact) mass is 162 g/mol. The number of nitrogens with zero attached hydrogens (tertiary/aromatic N) is 1. The van der Waals surface area contributed by atoms with Crippen LogP contribution in [0, 0.1) is 6.92 Å². The Bertz CT molecular complexity index is 294. The van der Waals surface area contributed by atoms with Gasteiger partial charge < -0.3 is 5.32 Å². The number of pyridine rings is 1. The molecule has 0 amide bonds. The molecule has 12 heavy (non-hydrogen) atoms. The molecule has 0 fully saturated rings. The molecule has 0 spiro atoms. The van der Waals surface area contributed by atoms with Crippen molar-refractivity contribution in [3.8, 4) is 0 Å². The third kappa shape index (κ3) is 1.29. The van der Waals surface area contributed by atoms with Crippen LogP contribution in [0.4, 0.5) is 5.69 Å². The van der Waals surface area contributed by atoms with Crippen molar-refractivity contribution in [2.24, 2.45) is 0 Å². The van der Waals surface area contributed by atoms with Crippen molar-refractivity contribution in [1.29, 1.82) is 0 Å². The zero-order valence-electron chi connectivity index (χ0n) is 7.59. The summed E-state index contributed by atoms with van der Waals surface area (Å²) in [4.78, 5) is 4.49. The zero-order valence-corrected chi connectivity index (χ0v) is 7.59. The highest BCUT2D eigenvalue weighted by Crippen LogP contribution is 2.22. The largest absolute Gasteiger partial charge is 0.381 e. The summed E-state index contributed by atoms with van der Waals surface area (Å²) in [6.07, 6.45) is 2.31. The molecule has 0 radical (unpaired) electrons. The molecule has 1 aromatic rings. The second-order valence-corrected chi connectivity index (χ2v) is 3.53. The molecule has 0 aromatic carbocycles. The number of fused-ring (bicyclic) bond motifs is 1. The van der Waals surface area contributed by atoms with E-state index in [4.69, 9.17) is 0 Å². The van der Waals surface area contributed by atoms with E-state index in [1.54, 1.807) is 0 Å². The molecular weight excluding hydrogens is 148 g/mol. The average Bonchev–Trinajstić information content (AvgIpc) is 2.05. The Hall–Kier alpha value is -1.05. The number of aromatic nitrogens is 1. The summed E-state index contributed by atoms with van der Waals surface area (Å²) in [7, 11) is 0. The molecule has 1 aliphatic rings. The lowest BCUT2D eigenvalue weighted by atomic mass is 10.0. The molecule has 64 valence electrons. The van der Waals surface area contributed by atoms with Gasteiger partial charge in [0.2, 0.25) is 0 Å². The van der Waals surface area contributed by atoms with Crippen molar-refractivity contribution in [2.45, 2.75) is 32.7 Å². The maximum absolute atomic E-state index is 4.49. The van der Waals surface area contributed by atoms with Gasteiger partial charge >= 0.3 is 0 Å². The summed E-state index contributed by atoms with van der Waals surface area (Å²) < 4.78 is 0. The first-order chi connectivity index (χ1) is 5.75. The Labute approximate surface area is 73.0 Å². The molecule has 2 nitrogen and oxygen atoms in total. The number of hydrogen-bond donors (Lipinski definition) is 1. The van der Waals surface area contributed by atoms with Gasteiger partial charge in [0, 0.05) is 11.7 Å². The van der Waals surface area contributed by atoms with Crippen molar-refractivity contribution < 1.29 is 0 Å². The number of hydrogen-bond acceptors (Lipinski definition) is 2.